The summed E-state index contributed by atoms with van der Waals surface area (Å²) in [6, 6.07) is 0.376. The summed E-state index contributed by atoms with van der Waals surface area (Å²) in [5.74, 6) is 1.27. The van der Waals surface area contributed by atoms with Gasteiger partial charge >= 0.3 is 0 Å². The normalized spacial score (nSPS) is 23.9. The maximum Gasteiger partial charge on any atom is 0.222 e. The van der Waals surface area contributed by atoms with Gasteiger partial charge in [0.15, 0.2) is 0 Å². The average Bonchev–Trinajstić information content (AvgIpc) is 2.73. The number of nitrogens with one attached hydrogen (secondary N) is 1. The number of carbonyl (C=O) groups is 1. The van der Waals surface area contributed by atoms with Crippen molar-refractivity contribution in [3.63, 3.8) is 0 Å². The zero-order valence-corrected chi connectivity index (χ0v) is 11.4. The molecule has 100 valence electrons. The molecule has 0 aromatic rings. The van der Waals surface area contributed by atoms with Crippen molar-refractivity contribution in [3.05, 3.63) is 0 Å². The minimum absolute atomic E-state index is 0.106. The Kier molecular flexibility index (Phi) is 7.64. The number of carbonyl (C=O) groups excluding carboxylic acids is 1. The third-order valence-electron chi connectivity index (χ3n) is 2.89. The second-order valence-electron chi connectivity index (χ2n) is 4.31. The molecule has 1 rings (SSSR count). The molecule has 1 saturated carbocycles. The van der Waals surface area contributed by atoms with Gasteiger partial charge in [-0.3, -0.25) is 4.79 Å². The Balaban J connectivity index is 2.07. The van der Waals surface area contributed by atoms with E-state index in [1.807, 2.05) is 11.8 Å². The first-order chi connectivity index (χ1) is 8.26. The Morgan fingerprint density at radius 3 is 3.00 bits per heavy atom. The molecule has 1 amide bonds. The summed E-state index contributed by atoms with van der Waals surface area (Å²) in [4.78, 5) is 11.6. The molecule has 0 aliphatic heterocycles. The lowest BCUT2D eigenvalue weighted by atomic mass is 10.2. The number of amides is 1. The van der Waals surface area contributed by atoms with E-state index in [0.29, 0.717) is 32.2 Å². The van der Waals surface area contributed by atoms with Crippen LogP contribution in [0.25, 0.3) is 0 Å². The van der Waals surface area contributed by atoms with Gasteiger partial charge in [0.2, 0.25) is 5.91 Å². The largest absolute Gasteiger partial charge is 0.380 e. The molecule has 5 heteroatoms. The van der Waals surface area contributed by atoms with E-state index in [1.165, 1.54) is 6.42 Å². The van der Waals surface area contributed by atoms with Crippen LogP contribution in [0.15, 0.2) is 0 Å². The molecular formula is C12H24N2O2S. The molecule has 0 saturated heterocycles. The van der Waals surface area contributed by atoms with Crippen molar-refractivity contribution in [1.29, 1.82) is 0 Å². The van der Waals surface area contributed by atoms with Crippen LogP contribution in [0.2, 0.25) is 0 Å². The van der Waals surface area contributed by atoms with Gasteiger partial charge in [-0.15, -0.1) is 0 Å². The Bertz CT molecular complexity index is 227. The van der Waals surface area contributed by atoms with Crippen molar-refractivity contribution >= 4 is 17.7 Å². The van der Waals surface area contributed by atoms with E-state index in [4.69, 9.17) is 10.5 Å². The molecule has 2 unspecified atom stereocenters. The molecule has 2 atom stereocenters. The van der Waals surface area contributed by atoms with Gasteiger partial charge in [0.05, 0.1) is 13.2 Å². The molecule has 0 aromatic carbocycles. The van der Waals surface area contributed by atoms with Gasteiger partial charge in [-0.25, -0.2) is 0 Å². The molecule has 0 bridgehead atoms. The highest BCUT2D eigenvalue weighted by atomic mass is 32.2. The molecule has 0 spiro atoms. The summed E-state index contributed by atoms with van der Waals surface area (Å²) >= 11 is 2.00. The van der Waals surface area contributed by atoms with Gasteiger partial charge in [-0.2, -0.15) is 11.8 Å². The number of nitrogens with two attached hydrogens (primary N) is 1. The van der Waals surface area contributed by atoms with Crippen LogP contribution in [0.4, 0.5) is 0 Å². The number of rotatable bonds is 8. The zero-order chi connectivity index (χ0) is 12.5. The Hall–Kier alpha value is -0.260. The highest BCUT2D eigenvalue weighted by Gasteiger charge is 2.25. The third kappa shape index (κ3) is 6.29. The predicted octanol–water partition coefficient (Wildman–Crippen LogP) is 1.14. The first-order valence-electron chi connectivity index (χ1n) is 6.45. The smallest absolute Gasteiger partial charge is 0.222 e. The number of hydrogen-bond donors (Lipinski definition) is 2. The Morgan fingerprint density at radius 1 is 1.47 bits per heavy atom. The van der Waals surface area contributed by atoms with E-state index in [-0.39, 0.29) is 5.91 Å². The van der Waals surface area contributed by atoms with Gasteiger partial charge in [-0.1, -0.05) is 6.92 Å². The molecule has 17 heavy (non-hydrogen) atoms. The van der Waals surface area contributed by atoms with Crippen molar-refractivity contribution in [2.24, 2.45) is 5.73 Å². The van der Waals surface area contributed by atoms with E-state index in [9.17, 15) is 4.79 Å². The molecule has 0 aromatic heterocycles. The van der Waals surface area contributed by atoms with Crippen LogP contribution in [0.5, 0.6) is 0 Å². The van der Waals surface area contributed by atoms with Crippen molar-refractivity contribution in [1.82, 2.24) is 5.32 Å². The fraction of sp³-hybridized carbons (Fsp3) is 0.917. The van der Waals surface area contributed by atoms with E-state index in [1.54, 1.807) is 0 Å². The number of ether oxygens (including phenoxy) is 1. The second kappa shape index (κ2) is 8.78. The number of thioether (sulfide) groups is 1. The van der Waals surface area contributed by atoms with Crippen LogP contribution >= 0.6 is 11.8 Å². The van der Waals surface area contributed by atoms with Crippen LogP contribution in [0.3, 0.4) is 0 Å². The molecule has 1 aliphatic rings. The summed E-state index contributed by atoms with van der Waals surface area (Å²) in [6.07, 6.45) is 3.91. The highest BCUT2D eigenvalue weighted by Crippen LogP contribution is 2.29. The van der Waals surface area contributed by atoms with Gasteiger partial charge in [-0.05, 0) is 25.0 Å². The van der Waals surface area contributed by atoms with Crippen LogP contribution in [0, 0.1) is 0 Å². The monoisotopic (exact) mass is 260 g/mol. The van der Waals surface area contributed by atoms with E-state index >= 15 is 0 Å². The van der Waals surface area contributed by atoms with Crippen LogP contribution in [-0.2, 0) is 9.53 Å². The first kappa shape index (κ1) is 14.8. The standard InChI is InChI=1S/C12H24N2O2S/c1-2-17-11-4-3-10(9-11)14-12(15)5-7-16-8-6-13/h10-11H,2-9,13H2,1H3,(H,14,15). The minimum atomic E-state index is 0.106. The van der Waals surface area contributed by atoms with E-state index in [0.717, 1.165) is 23.8 Å². The van der Waals surface area contributed by atoms with Crippen molar-refractivity contribution in [2.45, 2.75) is 43.9 Å². The summed E-state index contributed by atoms with van der Waals surface area (Å²) in [6.45, 7) is 3.71. The van der Waals surface area contributed by atoms with Gasteiger partial charge in [0.1, 0.15) is 0 Å². The zero-order valence-electron chi connectivity index (χ0n) is 10.6. The Labute approximate surface area is 108 Å². The third-order valence-corrected chi connectivity index (χ3v) is 4.12. The summed E-state index contributed by atoms with van der Waals surface area (Å²) in [7, 11) is 0. The van der Waals surface area contributed by atoms with E-state index < -0.39 is 0 Å². The lowest BCUT2D eigenvalue weighted by molar-refractivity contribution is -0.122. The van der Waals surface area contributed by atoms with E-state index in [2.05, 4.69) is 12.2 Å². The van der Waals surface area contributed by atoms with Crippen molar-refractivity contribution in [3.8, 4) is 0 Å². The lowest BCUT2D eigenvalue weighted by Gasteiger charge is -2.13. The molecule has 3 N–H and O–H groups in total. The van der Waals surface area contributed by atoms with Crippen molar-refractivity contribution in [2.75, 3.05) is 25.5 Å². The van der Waals surface area contributed by atoms with Crippen LogP contribution in [0.1, 0.15) is 32.6 Å². The summed E-state index contributed by atoms with van der Waals surface area (Å²) in [5.41, 5.74) is 5.29. The molecule has 1 fully saturated rings. The van der Waals surface area contributed by atoms with Gasteiger partial charge < -0.3 is 15.8 Å². The number of hydrogen-bond acceptors (Lipinski definition) is 4. The first-order valence-corrected chi connectivity index (χ1v) is 7.50. The molecule has 4 nitrogen and oxygen atoms in total. The minimum Gasteiger partial charge on any atom is -0.380 e. The van der Waals surface area contributed by atoms with Crippen LogP contribution in [-0.4, -0.2) is 42.7 Å². The quantitative estimate of drug-likeness (QED) is 0.642. The summed E-state index contributed by atoms with van der Waals surface area (Å²) < 4.78 is 5.19. The fourth-order valence-corrected chi connectivity index (χ4v) is 3.25. The van der Waals surface area contributed by atoms with Crippen molar-refractivity contribution < 1.29 is 9.53 Å². The fourth-order valence-electron chi connectivity index (χ4n) is 2.11. The SMILES string of the molecule is CCSC1CCC(NC(=O)CCOCCN)C1. The maximum atomic E-state index is 11.6. The molecule has 0 radical (unpaired) electrons. The van der Waals surface area contributed by atoms with Gasteiger partial charge in [0.25, 0.3) is 0 Å². The Morgan fingerprint density at radius 2 is 2.29 bits per heavy atom. The molecule has 1 aliphatic carbocycles. The molecule has 0 heterocycles. The van der Waals surface area contributed by atoms with Crippen LogP contribution < -0.4 is 11.1 Å². The summed E-state index contributed by atoms with van der Waals surface area (Å²) in [5, 5.41) is 3.82. The van der Waals surface area contributed by atoms with Gasteiger partial charge in [0, 0.05) is 24.3 Å². The molecular weight excluding hydrogens is 236 g/mol. The lowest BCUT2D eigenvalue weighted by Crippen LogP contribution is -2.33. The second-order valence-corrected chi connectivity index (χ2v) is 5.88. The average molecular weight is 260 g/mol. The topological polar surface area (TPSA) is 64.3 Å². The predicted molar refractivity (Wildman–Crippen MR) is 72.2 cm³/mol. The highest BCUT2D eigenvalue weighted by molar-refractivity contribution is 7.99. The maximum absolute atomic E-state index is 11.6.